The molecule has 2 aromatic rings. The van der Waals surface area contributed by atoms with Gasteiger partial charge in [0.2, 0.25) is 0 Å². The van der Waals surface area contributed by atoms with Crippen LogP contribution in [-0.4, -0.2) is 32.1 Å². The smallest absolute Gasteiger partial charge is 0.340 e. The number of carbonyl (C=O) groups is 3. The number of allylic oxidation sites excluding steroid dienone is 1. The van der Waals surface area contributed by atoms with Crippen molar-refractivity contribution < 1.29 is 23.9 Å². The molecule has 2 aromatic carbocycles. The summed E-state index contributed by atoms with van der Waals surface area (Å²) in [6, 6.07) is 14.0. The van der Waals surface area contributed by atoms with Crippen LogP contribution in [0.4, 0.5) is 5.69 Å². The van der Waals surface area contributed by atoms with Gasteiger partial charge >= 0.3 is 11.9 Å². The van der Waals surface area contributed by atoms with Crippen molar-refractivity contribution in [3.8, 4) is 0 Å². The van der Waals surface area contributed by atoms with Crippen molar-refractivity contribution in [1.82, 2.24) is 0 Å². The summed E-state index contributed by atoms with van der Waals surface area (Å²) >= 11 is 0. The van der Waals surface area contributed by atoms with Gasteiger partial charge in [0, 0.05) is 11.4 Å². The molecule has 0 atom stereocenters. The number of hydrogen-bond donors (Lipinski definition) is 0. The molecule has 29 heavy (non-hydrogen) atoms. The van der Waals surface area contributed by atoms with Gasteiger partial charge in [0.1, 0.15) is 0 Å². The van der Waals surface area contributed by atoms with Crippen LogP contribution in [-0.2, 0) is 19.1 Å². The Labute approximate surface area is 169 Å². The summed E-state index contributed by atoms with van der Waals surface area (Å²) in [6.07, 6.45) is 1.68. The Bertz CT molecular complexity index is 1030. The molecule has 0 unspecified atom stereocenters. The number of amides is 1. The summed E-state index contributed by atoms with van der Waals surface area (Å²) in [7, 11) is 2.59. The minimum absolute atomic E-state index is 0.218. The number of rotatable bonds is 4. The van der Waals surface area contributed by atoms with Gasteiger partial charge in [-0.05, 0) is 49.8 Å². The predicted molar refractivity (Wildman–Crippen MR) is 109 cm³/mol. The van der Waals surface area contributed by atoms with Crippen molar-refractivity contribution in [3.63, 3.8) is 0 Å². The van der Waals surface area contributed by atoms with E-state index in [4.69, 9.17) is 9.47 Å². The van der Waals surface area contributed by atoms with E-state index >= 15 is 0 Å². The molecule has 0 fully saturated rings. The number of hydrogen-bond acceptors (Lipinski definition) is 5. The van der Waals surface area contributed by atoms with Crippen LogP contribution in [0.3, 0.4) is 0 Å². The molecular formula is C23H21NO5. The largest absolute Gasteiger partial charge is 0.465 e. The summed E-state index contributed by atoms with van der Waals surface area (Å²) in [5.41, 5.74) is 3.74. The van der Waals surface area contributed by atoms with Crippen LogP contribution in [0.2, 0.25) is 0 Å². The molecule has 0 N–H and O–H groups in total. The second-order valence-corrected chi connectivity index (χ2v) is 6.60. The zero-order valence-corrected chi connectivity index (χ0v) is 16.7. The molecular weight excluding hydrogens is 370 g/mol. The first-order chi connectivity index (χ1) is 13.9. The lowest BCUT2D eigenvalue weighted by Crippen LogP contribution is -2.24. The maximum atomic E-state index is 13.2. The highest BCUT2D eigenvalue weighted by atomic mass is 16.5. The second kappa shape index (κ2) is 8.14. The summed E-state index contributed by atoms with van der Waals surface area (Å²) in [5, 5.41) is 0. The van der Waals surface area contributed by atoms with Gasteiger partial charge in [-0.3, -0.25) is 9.69 Å². The van der Waals surface area contributed by atoms with Gasteiger partial charge in [-0.2, -0.15) is 0 Å². The van der Waals surface area contributed by atoms with E-state index in [1.807, 2.05) is 31.2 Å². The molecule has 0 aromatic heterocycles. The average Bonchev–Trinajstić information content (AvgIpc) is 2.98. The SMILES string of the molecule is COC(=O)C1=C(C)N(c2ccc(C(=O)OC)cc2)C(=O)C1=Cc1ccc(C)cc1. The summed E-state index contributed by atoms with van der Waals surface area (Å²) in [5.74, 6) is -1.39. The first-order valence-corrected chi connectivity index (χ1v) is 8.98. The number of aryl methyl sites for hydroxylation is 1. The highest BCUT2D eigenvalue weighted by molar-refractivity contribution is 6.23. The number of benzene rings is 2. The number of anilines is 1. The van der Waals surface area contributed by atoms with Gasteiger partial charge in [-0.25, -0.2) is 9.59 Å². The van der Waals surface area contributed by atoms with Crippen molar-refractivity contribution in [1.29, 1.82) is 0 Å². The number of ether oxygens (including phenoxy) is 2. The molecule has 1 aliphatic rings. The molecule has 6 heteroatoms. The van der Waals surface area contributed by atoms with Crippen molar-refractivity contribution in [2.24, 2.45) is 0 Å². The third kappa shape index (κ3) is 3.82. The van der Waals surface area contributed by atoms with E-state index in [9.17, 15) is 14.4 Å². The lowest BCUT2D eigenvalue weighted by atomic mass is 10.0. The lowest BCUT2D eigenvalue weighted by Gasteiger charge is -2.18. The van der Waals surface area contributed by atoms with Crippen LogP contribution in [0, 0.1) is 6.92 Å². The Morgan fingerprint density at radius 2 is 1.45 bits per heavy atom. The number of nitrogens with zero attached hydrogens (tertiary/aromatic N) is 1. The molecule has 6 nitrogen and oxygen atoms in total. The molecule has 0 saturated carbocycles. The van der Waals surface area contributed by atoms with Gasteiger partial charge in [-0.15, -0.1) is 0 Å². The third-order valence-corrected chi connectivity index (χ3v) is 4.72. The van der Waals surface area contributed by atoms with Crippen LogP contribution in [0.1, 0.15) is 28.4 Å². The maximum absolute atomic E-state index is 13.2. The van der Waals surface area contributed by atoms with E-state index < -0.39 is 11.9 Å². The first-order valence-electron chi connectivity index (χ1n) is 8.98. The van der Waals surface area contributed by atoms with Crippen molar-refractivity contribution in [3.05, 3.63) is 82.1 Å². The van der Waals surface area contributed by atoms with Gasteiger partial charge < -0.3 is 9.47 Å². The van der Waals surface area contributed by atoms with E-state index in [0.29, 0.717) is 16.9 Å². The van der Waals surface area contributed by atoms with E-state index in [2.05, 4.69) is 0 Å². The van der Waals surface area contributed by atoms with Gasteiger partial charge in [0.05, 0.1) is 30.9 Å². The molecule has 1 aliphatic heterocycles. The molecule has 0 radical (unpaired) electrons. The Morgan fingerprint density at radius 1 is 0.862 bits per heavy atom. The van der Waals surface area contributed by atoms with Crippen LogP contribution < -0.4 is 4.90 Å². The molecule has 3 rings (SSSR count). The monoisotopic (exact) mass is 391 g/mol. The molecule has 1 amide bonds. The number of esters is 2. The highest BCUT2D eigenvalue weighted by Gasteiger charge is 2.37. The molecule has 148 valence electrons. The van der Waals surface area contributed by atoms with Crippen molar-refractivity contribution in [2.75, 3.05) is 19.1 Å². The highest BCUT2D eigenvalue weighted by Crippen LogP contribution is 2.35. The van der Waals surface area contributed by atoms with Crippen LogP contribution in [0.15, 0.2) is 65.4 Å². The molecule has 0 bridgehead atoms. The Kier molecular flexibility index (Phi) is 5.64. The predicted octanol–water partition coefficient (Wildman–Crippen LogP) is 3.66. The van der Waals surface area contributed by atoms with E-state index in [-0.39, 0.29) is 17.1 Å². The minimum Gasteiger partial charge on any atom is -0.465 e. The van der Waals surface area contributed by atoms with Crippen LogP contribution in [0.25, 0.3) is 6.08 Å². The standard InChI is InChI=1S/C23H21NO5/c1-14-5-7-16(8-6-14)13-19-20(23(27)29-4)15(2)24(21(19)25)18-11-9-17(10-12-18)22(26)28-3/h5-13H,1-4H3. The van der Waals surface area contributed by atoms with Gasteiger partial charge in [-0.1, -0.05) is 29.8 Å². The van der Waals surface area contributed by atoms with Crippen LogP contribution in [0.5, 0.6) is 0 Å². The fourth-order valence-electron chi connectivity index (χ4n) is 3.18. The van der Waals surface area contributed by atoms with Gasteiger partial charge in [0.25, 0.3) is 5.91 Å². The normalized spacial score (nSPS) is 15.1. The topological polar surface area (TPSA) is 72.9 Å². The fourth-order valence-corrected chi connectivity index (χ4v) is 3.18. The molecule has 0 saturated heterocycles. The number of carbonyl (C=O) groups excluding carboxylic acids is 3. The summed E-state index contributed by atoms with van der Waals surface area (Å²) < 4.78 is 9.61. The average molecular weight is 391 g/mol. The Balaban J connectivity index is 2.06. The Morgan fingerprint density at radius 3 is 2.00 bits per heavy atom. The quantitative estimate of drug-likeness (QED) is 0.587. The third-order valence-electron chi connectivity index (χ3n) is 4.72. The second-order valence-electron chi connectivity index (χ2n) is 6.60. The summed E-state index contributed by atoms with van der Waals surface area (Å²) in [6.45, 7) is 3.66. The molecule has 0 aliphatic carbocycles. The van der Waals surface area contributed by atoms with E-state index in [0.717, 1.165) is 11.1 Å². The van der Waals surface area contributed by atoms with E-state index in [1.165, 1.54) is 19.1 Å². The van der Waals surface area contributed by atoms with Crippen molar-refractivity contribution >= 4 is 29.6 Å². The fraction of sp³-hybridized carbons (Fsp3) is 0.174. The lowest BCUT2D eigenvalue weighted by molar-refractivity contribution is -0.136. The maximum Gasteiger partial charge on any atom is 0.340 e. The molecule has 0 spiro atoms. The van der Waals surface area contributed by atoms with Crippen LogP contribution >= 0.6 is 0 Å². The zero-order chi connectivity index (χ0) is 21.1. The minimum atomic E-state index is -0.581. The van der Waals surface area contributed by atoms with E-state index in [1.54, 1.807) is 37.3 Å². The summed E-state index contributed by atoms with van der Waals surface area (Å²) in [4.78, 5) is 38.7. The number of methoxy groups -OCH3 is 2. The van der Waals surface area contributed by atoms with Gasteiger partial charge in [0.15, 0.2) is 0 Å². The molecule has 1 heterocycles. The first kappa shape index (κ1) is 20.1. The zero-order valence-electron chi connectivity index (χ0n) is 16.7. The van der Waals surface area contributed by atoms with Crippen molar-refractivity contribution in [2.45, 2.75) is 13.8 Å². The Hall–Kier alpha value is -3.67.